The van der Waals surface area contributed by atoms with Gasteiger partial charge in [0, 0.05) is 12.6 Å². The second kappa shape index (κ2) is 10.5. The van der Waals surface area contributed by atoms with Crippen molar-refractivity contribution in [3.05, 3.63) is 42.5 Å². The molecule has 1 amide bonds. The van der Waals surface area contributed by atoms with Crippen LogP contribution in [-0.4, -0.2) is 25.7 Å². The minimum Gasteiger partial charge on any atom is -0.490 e. The molecule has 0 fully saturated rings. The van der Waals surface area contributed by atoms with Crippen molar-refractivity contribution in [3.63, 3.8) is 0 Å². The van der Waals surface area contributed by atoms with Crippen LogP contribution in [0.15, 0.2) is 36.9 Å². The predicted molar refractivity (Wildman–Crippen MR) is 90.3 cm³/mol. The molecule has 1 aromatic carbocycles. The summed E-state index contributed by atoms with van der Waals surface area (Å²) in [6.07, 6.45) is 6.98. The number of carbonyl (C=O) groups excluding carboxylic acids is 1. The van der Waals surface area contributed by atoms with Gasteiger partial charge in [0.05, 0.1) is 13.2 Å². The predicted octanol–water partition coefficient (Wildman–Crippen LogP) is 3.58. The number of hydrogen-bond acceptors (Lipinski definition) is 3. The highest BCUT2D eigenvalue weighted by molar-refractivity contribution is 5.91. The lowest BCUT2D eigenvalue weighted by Gasteiger charge is -2.12. The second-order valence-electron chi connectivity index (χ2n) is 4.71. The monoisotopic (exact) mass is 303 g/mol. The van der Waals surface area contributed by atoms with Crippen molar-refractivity contribution >= 4 is 12.0 Å². The zero-order valence-electron chi connectivity index (χ0n) is 13.4. The van der Waals surface area contributed by atoms with Crippen LogP contribution in [-0.2, 0) is 4.79 Å². The van der Waals surface area contributed by atoms with E-state index in [1.807, 2.05) is 25.1 Å². The van der Waals surface area contributed by atoms with Crippen molar-refractivity contribution in [3.8, 4) is 11.5 Å². The Morgan fingerprint density at radius 2 is 2.09 bits per heavy atom. The molecule has 0 spiro atoms. The summed E-state index contributed by atoms with van der Waals surface area (Å²) in [5.74, 6) is 1.29. The lowest BCUT2D eigenvalue weighted by Crippen LogP contribution is -2.20. The number of nitrogens with one attached hydrogen (secondary N) is 1. The Hall–Kier alpha value is -2.23. The summed E-state index contributed by atoms with van der Waals surface area (Å²) in [4.78, 5) is 11.5. The molecule has 22 heavy (non-hydrogen) atoms. The molecule has 1 N–H and O–H groups in total. The third kappa shape index (κ3) is 6.48. The van der Waals surface area contributed by atoms with E-state index in [1.54, 1.807) is 12.2 Å². The van der Waals surface area contributed by atoms with Crippen molar-refractivity contribution in [2.24, 2.45) is 0 Å². The Morgan fingerprint density at radius 3 is 2.77 bits per heavy atom. The van der Waals surface area contributed by atoms with Crippen molar-refractivity contribution in [1.82, 2.24) is 5.32 Å². The molecule has 4 heteroatoms. The van der Waals surface area contributed by atoms with Crippen LogP contribution in [0.5, 0.6) is 11.5 Å². The standard InChI is InChI=1S/C18H25NO3/c1-4-7-13-22-16-10-8-15(14-17(16)21-6-3)9-11-18(20)19-12-5-2/h5,8-11,14H,2,4,6-7,12-13H2,1,3H3,(H,19,20)/b11-9+. The number of rotatable bonds is 10. The maximum Gasteiger partial charge on any atom is 0.244 e. The number of ether oxygens (including phenoxy) is 2. The van der Waals surface area contributed by atoms with Crippen molar-refractivity contribution in [2.45, 2.75) is 26.7 Å². The molecule has 0 atom stereocenters. The molecule has 0 unspecified atom stereocenters. The SMILES string of the molecule is C=CCNC(=O)/C=C/c1ccc(OCCCC)c(OCC)c1. The van der Waals surface area contributed by atoms with Gasteiger partial charge < -0.3 is 14.8 Å². The van der Waals surface area contributed by atoms with Crippen LogP contribution < -0.4 is 14.8 Å². The second-order valence-corrected chi connectivity index (χ2v) is 4.71. The summed E-state index contributed by atoms with van der Waals surface area (Å²) in [5.41, 5.74) is 0.889. The molecule has 0 radical (unpaired) electrons. The van der Waals surface area contributed by atoms with Gasteiger partial charge in [-0.15, -0.1) is 6.58 Å². The Morgan fingerprint density at radius 1 is 1.27 bits per heavy atom. The van der Waals surface area contributed by atoms with Gasteiger partial charge in [-0.3, -0.25) is 4.79 Å². The molecule has 0 bridgehead atoms. The van der Waals surface area contributed by atoms with E-state index >= 15 is 0 Å². The third-order valence-corrected chi connectivity index (χ3v) is 2.87. The summed E-state index contributed by atoms with van der Waals surface area (Å²) >= 11 is 0. The molecule has 0 saturated heterocycles. The fourth-order valence-electron chi connectivity index (χ4n) is 1.75. The smallest absolute Gasteiger partial charge is 0.244 e. The average Bonchev–Trinajstić information content (AvgIpc) is 2.53. The number of benzene rings is 1. The molecule has 0 aliphatic carbocycles. The minimum absolute atomic E-state index is 0.152. The van der Waals surface area contributed by atoms with Gasteiger partial charge in [0.1, 0.15) is 0 Å². The van der Waals surface area contributed by atoms with E-state index in [4.69, 9.17) is 9.47 Å². The van der Waals surface area contributed by atoms with Crippen LogP contribution in [0, 0.1) is 0 Å². The highest BCUT2D eigenvalue weighted by Crippen LogP contribution is 2.29. The van der Waals surface area contributed by atoms with Crippen molar-refractivity contribution in [1.29, 1.82) is 0 Å². The molecule has 0 aromatic heterocycles. The summed E-state index contributed by atoms with van der Waals surface area (Å²) in [6, 6.07) is 5.66. The zero-order chi connectivity index (χ0) is 16.2. The first kappa shape index (κ1) is 17.8. The first-order chi connectivity index (χ1) is 10.7. The Balaban J connectivity index is 2.76. The average molecular weight is 303 g/mol. The number of hydrogen-bond donors (Lipinski definition) is 1. The maximum absolute atomic E-state index is 11.5. The highest BCUT2D eigenvalue weighted by Gasteiger charge is 2.05. The summed E-state index contributed by atoms with van der Waals surface area (Å²) in [6.45, 7) is 9.31. The number of unbranched alkanes of at least 4 members (excludes halogenated alkanes) is 1. The molecular weight excluding hydrogens is 278 g/mol. The molecule has 0 aliphatic heterocycles. The van der Waals surface area contributed by atoms with Gasteiger partial charge >= 0.3 is 0 Å². The van der Waals surface area contributed by atoms with E-state index < -0.39 is 0 Å². The maximum atomic E-state index is 11.5. The summed E-state index contributed by atoms with van der Waals surface area (Å²) in [7, 11) is 0. The van der Waals surface area contributed by atoms with Gasteiger partial charge in [0.25, 0.3) is 0 Å². The highest BCUT2D eigenvalue weighted by atomic mass is 16.5. The van der Waals surface area contributed by atoms with Gasteiger partial charge in [0.15, 0.2) is 11.5 Å². The van der Waals surface area contributed by atoms with Gasteiger partial charge in [-0.1, -0.05) is 25.5 Å². The molecule has 0 aliphatic rings. The van der Waals surface area contributed by atoms with E-state index in [9.17, 15) is 4.79 Å². The topological polar surface area (TPSA) is 47.6 Å². The first-order valence-corrected chi connectivity index (χ1v) is 7.67. The Kier molecular flexibility index (Phi) is 8.50. The van der Waals surface area contributed by atoms with Crippen LogP contribution in [0.1, 0.15) is 32.3 Å². The lowest BCUT2D eigenvalue weighted by molar-refractivity contribution is -0.116. The van der Waals surface area contributed by atoms with Gasteiger partial charge in [-0.05, 0) is 37.1 Å². The normalized spacial score (nSPS) is 10.5. The first-order valence-electron chi connectivity index (χ1n) is 7.67. The van der Waals surface area contributed by atoms with E-state index in [-0.39, 0.29) is 5.91 Å². The number of amides is 1. The molecule has 0 saturated carbocycles. The van der Waals surface area contributed by atoms with E-state index in [0.717, 1.165) is 24.2 Å². The van der Waals surface area contributed by atoms with Crippen LogP contribution >= 0.6 is 0 Å². The molecule has 1 rings (SSSR count). The fraction of sp³-hybridized carbons (Fsp3) is 0.389. The van der Waals surface area contributed by atoms with Gasteiger partial charge in [-0.25, -0.2) is 0 Å². The van der Waals surface area contributed by atoms with E-state index in [2.05, 4.69) is 18.8 Å². The van der Waals surface area contributed by atoms with E-state index in [0.29, 0.717) is 25.5 Å². The van der Waals surface area contributed by atoms with Crippen LogP contribution in [0.3, 0.4) is 0 Å². The molecule has 120 valence electrons. The third-order valence-electron chi connectivity index (χ3n) is 2.87. The minimum atomic E-state index is -0.152. The molecular formula is C18H25NO3. The molecule has 1 aromatic rings. The van der Waals surface area contributed by atoms with Gasteiger partial charge in [-0.2, -0.15) is 0 Å². The Labute approximate surface area is 132 Å². The van der Waals surface area contributed by atoms with Gasteiger partial charge in [0.2, 0.25) is 5.91 Å². The van der Waals surface area contributed by atoms with Crippen LogP contribution in [0.4, 0.5) is 0 Å². The lowest BCUT2D eigenvalue weighted by atomic mass is 10.2. The summed E-state index contributed by atoms with van der Waals surface area (Å²) in [5, 5.41) is 2.69. The Bertz CT molecular complexity index is 509. The quantitative estimate of drug-likeness (QED) is 0.408. The molecule has 0 heterocycles. The largest absolute Gasteiger partial charge is 0.490 e. The zero-order valence-corrected chi connectivity index (χ0v) is 13.4. The fourth-order valence-corrected chi connectivity index (χ4v) is 1.75. The van der Waals surface area contributed by atoms with E-state index in [1.165, 1.54) is 6.08 Å². The van der Waals surface area contributed by atoms with Crippen LogP contribution in [0.25, 0.3) is 6.08 Å². The van der Waals surface area contributed by atoms with Crippen LogP contribution in [0.2, 0.25) is 0 Å². The van der Waals surface area contributed by atoms with Crippen molar-refractivity contribution < 1.29 is 14.3 Å². The number of carbonyl (C=O) groups is 1. The summed E-state index contributed by atoms with van der Waals surface area (Å²) < 4.78 is 11.3. The van der Waals surface area contributed by atoms with Crippen molar-refractivity contribution in [2.75, 3.05) is 19.8 Å². The molecule has 4 nitrogen and oxygen atoms in total.